The molecule has 0 heterocycles. The van der Waals surface area contributed by atoms with Gasteiger partial charge in [0.1, 0.15) is 6.61 Å². The summed E-state index contributed by atoms with van der Waals surface area (Å²) in [7, 11) is -4.37. The zero-order valence-corrected chi connectivity index (χ0v) is 37.5. The van der Waals surface area contributed by atoms with Crippen LogP contribution in [0.4, 0.5) is 0 Å². The highest BCUT2D eigenvalue weighted by Crippen LogP contribution is 2.43. The number of carbonyl (C=O) groups is 2. The molecule has 2 atom stereocenters. The van der Waals surface area contributed by atoms with Crippen LogP contribution in [0.3, 0.4) is 0 Å². The molecule has 332 valence electrons. The Bertz CT molecular complexity index is 933. The Morgan fingerprint density at radius 3 is 1.27 bits per heavy atom. The molecule has 10 heteroatoms. The highest BCUT2D eigenvalue weighted by molar-refractivity contribution is 7.47. The van der Waals surface area contributed by atoms with Gasteiger partial charge >= 0.3 is 19.8 Å². The Kier molecular flexibility index (Phi) is 42.4. The first-order valence-corrected chi connectivity index (χ1v) is 25.2. The zero-order valence-electron chi connectivity index (χ0n) is 36.6. The molecule has 9 nitrogen and oxygen atoms in total. The molecule has 56 heavy (non-hydrogen) atoms. The lowest BCUT2D eigenvalue weighted by Crippen LogP contribution is -2.29. The van der Waals surface area contributed by atoms with Crippen molar-refractivity contribution in [1.29, 1.82) is 0 Å². The molecule has 0 amide bonds. The van der Waals surface area contributed by atoms with E-state index in [2.05, 4.69) is 26.0 Å². The molecule has 0 spiro atoms. The second-order valence-electron chi connectivity index (χ2n) is 16.0. The SMILES string of the molecule is CCCCCCCC/C=C/CCCCCCCCCCCCCC(=O)O[C@H](COC(=O)CCCCCCCCCCCCCCCC)COP(=O)(O)OCCN. The van der Waals surface area contributed by atoms with Crippen LogP contribution in [0.25, 0.3) is 0 Å². The summed E-state index contributed by atoms with van der Waals surface area (Å²) in [6.07, 6.45) is 45.3. The monoisotopic (exact) mass is 816 g/mol. The maximum Gasteiger partial charge on any atom is 0.472 e. The molecule has 0 aliphatic carbocycles. The van der Waals surface area contributed by atoms with E-state index in [0.29, 0.717) is 6.42 Å². The molecule has 0 saturated heterocycles. The molecule has 0 aliphatic heterocycles. The van der Waals surface area contributed by atoms with Crippen molar-refractivity contribution in [3.05, 3.63) is 12.2 Å². The van der Waals surface area contributed by atoms with E-state index in [1.54, 1.807) is 0 Å². The van der Waals surface area contributed by atoms with Crippen LogP contribution >= 0.6 is 7.82 Å². The number of carbonyl (C=O) groups excluding carboxylic acids is 2. The third-order valence-corrected chi connectivity index (χ3v) is 11.4. The predicted molar refractivity (Wildman–Crippen MR) is 234 cm³/mol. The summed E-state index contributed by atoms with van der Waals surface area (Å²) in [6.45, 7) is 3.77. The van der Waals surface area contributed by atoms with E-state index < -0.39 is 26.5 Å². The number of unbranched alkanes of at least 4 members (excludes halogenated alkanes) is 30. The third kappa shape index (κ3) is 42.4. The Morgan fingerprint density at radius 2 is 0.875 bits per heavy atom. The van der Waals surface area contributed by atoms with E-state index in [9.17, 15) is 19.0 Å². The van der Waals surface area contributed by atoms with Crippen molar-refractivity contribution in [2.24, 2.45) is 5.73 Å². The quantitative estimate of drug-likeness (QED) is 0.0266. The standard InChI is InChI=1S/C46H90NO8P/c1-3-5-7-9-11-13-15-17-19-20-21-22-23-24-25-27-29-31-33-35-37-39-46(49)55-44(43-54-56(50,51)53-41-40-47)42-52-45(48)38-36-34-32-30-28-26-18-16-14-12-10-8-6-4-2/h17,19,44H,3-16,18,20-43,47H2,1-2H3,(H,50,51)/b19-17+/t44-/m1/s1. The normalized spacial score (nSPS) is 13.3. The number of rotatable bonds is 45. The van der Waals surface area contributed by atoms with Gasteiger partial charge in [-0.25, -0.2) is 4.57 Å². The highest BCUT2D eigenvalue weighted by atomic mass is 31.2. The Hall–Kier alpha value is -1.25. The van der Waals surface area contributed by atoms with Gasteiger partial charge in [-0.1, -0.05) is 199 Å². The smallest absolute Gasteiger partial charge is 0.462 e. The summed E-state index contributed by atoms with van der Waals surface area (Å²) in [5.41, 5.74) is 5.36. The van der Waals surface area contributed by atoms with E-state index in [4.69, 9.17) is 24.3 Å². The molecule has 0 saturated carbocycles. The minimum Gasteiger partial charge on any atom is -0.462 e. The summed E-state index contributed by atoms with van der Waals surface area (Å²) in [6, 6.07) is 0. The second-order valence-corrected chi connectivity index (χ2v) is 17.4. The summed E-state index contributed by atoms with van der Waals surface area (Å²) in [5, 5.41) is 0. The van der Waals surface area contributed by atoms with E-state index in [1.807, 2.05) is 0 Å². The first kappa shape index (κ1) is 54.8. The van der Waals surface area contributed by atoms with Crippen LogP contribution in [-0.2, 0) is 32.7 Å². The maximum atomic E-state index is 12.6. The van der Waals surface area contributed by atoms with Gasteiger partial charge in [-0.15, -0.1) is 0 Å². The van der Waals surface area contributed by atoms with Gasteiger partial charge in [0, 0.05) is 19.4 Å². The van der Waals surface area contributed by atoms with Crippen molar-refractivity contribution < 1.29 is 37.6 Å². The Morgan fingerprint density at radius 1 is 0.518 bits per heavy atom. The summed E-state index contributed by atoms with van der Waals surface area (Å²) in [5.74, 6) is -0.816. The van der Waals surface area contributed by atoms with Crippen molar-refractivity contribution in [3.63, 3.8) is 0 Å². The average Bonchev–Trinajstić information content (AvgIpc) is 3.18. The molecule has 0 radical (unpaired) electrons. The second kappa shape index (κ2) is 43.3. The first-order chi connectivity index (χ1) is 27.3. The van der Waals surface area contributed by atoms with Gasteiger partial charge in [0.15, 0.2) is 6.10 Å². The molecule has 3 N–H and O–H groups in total. The van der Waals surface area contributed by atoms with E-state index in [-0.39, 0.29) is 38.6 Å². The Balaban J connectivity index is 4.04. The van der Waals surface area contributed by atoms with E-state index in [0.717, 1.165) is 32.1 Å². The van der Waals surface area contributed by atoms with Crippen LogP contribution in [0.2, 0.25) is 0 Å². The topological polar surface area (TPSA) is 134 Å². The molecule has 0 aliphatic rings. The fourth-order valence-corrected chi connectivity index (χ4v) is 7.63. The fourth-order valence-electron chi connectivity index (χ4n) is 6.87. The number of phosphoric acid groups is 1. The number of ether oxygens (including phenoxy) is 2. The molecule has 0 aromatic rings. The summed E-state index contributed by atoms with van der Waals surface area (Å²) >= 11 is 0. The zero-order chi connectivity index (χ0) is 41.1. The lowest BCUT2D eigenvalue weighted by Gasteiger charge is -2.19. The highest BCUT2D eigenvalue weighted by Gasteiger charge is 2.26. The lowest BCUT2D eigenvalue weighted by molar-refractivity contribution is -0.161. The number of hydrogen-bond acceptors (Lipinski definition) is 8. The average molecular weight is 816 g/mol. The fraction of sp³-hybridized carbons (Fsp3) is 0.913. The van der Waals surface area contributed by atoms with E-state index >= 15 is 0 Å². The van der Waals surface area contributed by atoms with Gasteiger partial charge in [-0.3, -0.25) is 18.6 Å². The van der Waals surface area contributed by atoms with Crippen molar-refractivity contribution in [2.75, 3.05) is 26.4 Å². The minimum atomic E-state index is -4.37. The Labute approximate surface area is 345 Å². The molecule has 1 unspecified atom stereocenters. The number of esters is 2. The van der Waals surface area contributed by atoms with Crippen molar-refractivity contribution in [1.82, 2.24) is 0 Å². The van der Waals surface area contributed by atoms with Crippen molar-refractivity contribution >= 4 is 19.8 Å². The van der Waals surface area contributed by atoms with Crippen LogP contribution < -0.4 is 5.73 Å². The van der Waals surface area contributed by atoms with Gasteiger partial charge in [0.05, 0.1) is 13.2 Å². The van der Waals surface area contributed by atoms with Crippen LogP contribution in [-0.4, -0.2) is 49.3 Å². The summed E-state index contributed by atoms with van der Waals surface area (Å²) < 4.78 is 32.8. The number of nitrogens with two attached hydrogens (primary N) is 1. The van der Waals surface area contributed by atoms with Crippen LogP contribution in [0, 0.1) is 0 Å². The van der Waals surface area contributed by atoms with Gasteiger partial charge in [-0.2, -0.15) is 0 Å². The van der Waals surface area contributed by atoms with Crippen LogP contribution in [0.15, 0.2) is 12.2 Å². The predicted octanol–water partition coefficient (Wildman–Crippen LogP) is 13.8. The van der Waals surface area contributed by atoms with Crippen molar-refractivity contribution in [3.8, 4) is 0 Å². The third-order valence-electron chi connectivity index (χ3n) is 10.4. The maximum absolute atomic E-state index is 12.6. The van der Waals surface area contributed by atoms with Gasteiger partial charge < -0.3 is 20.1 Å². The van der Waals surface area contributed by atoms with E-state index in [1.165, 1.54) is 173 Å². The minimum absolute atomic E-state index is 0.0564. The first-order valence-electron chi connectivity index (χ1n) is 23.7. The van der Waals surface area contributed by atoms with Crippen LogP contribution in [0.1, 0.15) is 239 Å². The molecule has 0 aromatic carbocycles. The van der Waals surface area contributed by atoms with Gasteiger partial charge in [-0.05, 0) is 38.5 Å². The molecule has 0 aromatic heterocycles. The number of phosphoric ester groups is 1. The number of allylic oxidation sites excluding steroid dienone is 2. The molecule has 0 rings (SSSR count). The number of hydrogen-bond donors (Lipinski definition) is 2. The summed E-state index contributed by atoms with van der Waals surface area (Å²) in [4.78, 5) is 34.9. The van der Waals surface area contributed by atoms with Crippen molar-refractivity contribution in [2.45, 2.75) is 245 Å². The van der Waals surface area contributed by atoms with Gasteiger partial charge in [0.25, 0.3) is 0 Å². The lowest BCUT2D eigenvalue weighted by atomic mass is 10.0. The molecular formula is C46H90NO8P. The van der Waals surface area contributed by atoms with Gasteiger partial charge in [0.2, 0.25) is 0 Å². The van der Waals surface area contributed by atoms with Crippen LogP contribution in [0.5, 0.6) is 0 Å². The largest absolute Gasteiger partial charge is 0.472 e. The molecule has 0 fully saturated rings. The molecule has 0 bridgehead atoms. The molecular weight excluding hydrogens is 725 g/mol.